The monoisotopic (exact) mass is 851 g/mol. The minimum absolute atomic E-state index is 0. The number of aromatic nitrogens is 8. The maximum absolute atomic E-state index is 13.7. The molecule has 7 rings (SSSR count). The molecule has 4 aromatic rings. The molecule has 314 valence electrons. The Morgan fingerprint density at radius 3 is 1.79 bits per heavy atom. The van der Waals surface area contributed by atoms with Gasteiger partial charge in [0.25, 0.3) is 11.1 Å². The van der Waals surface area contributed by atoms with Crippen molar-refractivity contribution in [1.82, 2.24) is 61.5 Å². The number of aromatic amines is 2. The summed E-state index contributed by atoms with van der Waals surface area (Å²) < 4.78 is 59.4. The second-order valence-corrected chi connectivity index (χ2v) is 22.2. The number of imidazole rings is 2. The molecule has 3 saturated heterocycles. The van der Waals surface area contributed by atoms with Gasteiger partial charge in [-0.3, -0.25) is 37.8 Å². The SMILES string of the molecule is C.CC(C)(C)[Si](C)(C)O[C@@H]1[C@@H]2NP(=O)([O-])OC[C@H]3O[C@@H](n4cnc5c(=O)[nH]c(N)nc54)[C@H](O)[C@@H]3NP(=O)([O-])OC[C@H]2O[C@H]1n1cnc2c(=O)[nH]c(N)nc21.N.[NH4+]. The van der Waals surface area contributed by atoms with E-state index in [4.69, 9.17) is 34.4 Å². The van der Waals surface area contributed by atoms with Crippen LogP contribution in [-0.4, -0.2) is 102 Å². The fourth-order valence-corrected chi connectivity index (χ4v) is 9.71. The Labute approximate surface area is 319 Å². The van der Waals surface area contributed by atoms with Crippen molar-refractivity contribution in [2.45, 2.75) is 95.3 Å². The van der Waals surface area contributed by atoms with Crippen molar-refractivity contribution < 1.29 is 47.0 Å². The molecule has 0 radical (unpaired) electrons. The zero-order chi connectivity index (χ0) is 38.4. The quantitative estimate of drug-likeness (QED) is 0.0881. The molecule has 4 aromatic heterocycles. The first kappa shape index (κ1) is 45.2. The number of H-pyrrole nitrogens is 2. The highest BCUT2D eigenvalue weighted by atomic mass is 31.2. The van der Waals surface area contributed by atoms with Gasteiger partial charge in [0.1, 0.15) is 24.4 Å². The van der Waals surface area contributed by atoms with Gasteiger partial charge in [0, 0.05) is 0 Å². The predicted octanol–water partition coefficient (Wildman–Crippen LogP) is -0.962. The highest BCUT2D eigenvalue weighted by Gasteiger charge is 2.53. The van der Waals surface area contributed by atoms with Gasteiger partial charge < -0.3 is 61.6 Å². The summed E-state index contributed by atoms with van der Waals surface area (Å²) in [7, 11) is -13.0. The highest BCUT2D eigenvalue weighted by molar-refractivity contribution is 7.49. The number of anilines is 2. The summed E-state index contributed by atoms with van der Waals surface area (Å²) in [4.78, 5) is 73.2. The van der Waals surface area contributed by atoms with E-state index in [9.17, 15) is 33.6 Å². The van der Waals surface area contributed by atoms with Crippen molar-refractivity contribution in [2.24, 2.45) is 0 Å². The Balaban J connectivity index is 0.00000232. The summed E-state index contributed by atoms with van der Waals surface area (Å²) in [6.45, 7) is 8.18. The Hall–Kier alpha value is -3.50. The van der Waals surface area contributed by atoms with E-state index in [1.54, 1.807) is 0 Å². The smallest absolute Gasteiger partial charge is 0.280 e. The van der Waals surface area contributed by atoms with Gasteiger partial charge in [-0.25, -0.2) is 20.1 Å². The molecule has 0 spiro atoms. The van der Waals surface area contributed by atoms with E-state index in [-0.39, 0.29) is 54.0 Å². The van der Waals surface area contributed by atoms with Crippen molar-refractivity contribution in [1.29, 1.82) is 0 Å². The number of aliphatic hydroxyl groups excluding tert-OH is 1. The molecule has 3 aliphatic rings. The van der Waals surface area contributed by atoms with Crippen molar-refractivity contribution in [2.75, 3.05) is 24.7 Å². The topological polar surface area (TPSA) is 421 Å². The number of rotatable bonds is 4. The van der Waals surface area contributed by atoms with E-state index in [2.05, 4.69) is 40.1 Å². The largest absolute Gasteiger partial charge is 0.766 e. The molecule has 0 saturated carbocycles. The number of nitrogens with two attached hydrogens (primary N) is 2. The minimum atomic E-state index is -5.11. The zero-order valence-electron chi connectivity index (χ0n) is 30.6. The lowest BCUT2D eigenvalue weighted by atomic mass is 10.1. The predicted molar refractivity (Wildman–Crippen MR) is 200 cm³/mol. The molecule has 16 N–H and O–H groups in total. The number of nitrogens with zero attached hydrogens (tertiary/aromatic N) is 6. The van der Waals surface area contributed by atoms with Crippen LogP contribution in [0.15, 0.2) is 22.2 Å². The molecule has 10 atom stereocenters. The lowest BCUT2D eigenvalue weighted by Crippen LogP contribution is -2.54. The molecule has 0 amide bonds. The van der Waals surface area contributed by atoms with E-state index in [0.717, 1.165) is 10.9 Å². The van der Waals surface area contributed by atoms with Gasteiger partial charge in [-0.2, -0.15) is 9.97 Å². The minimum Gasteiger partial charge on any atom is -0.766 e. The average molecular weight is 852 g/mol. The molecular weight excluding hydrogens is 802 g/mol. The van der Waals surface area contributed by atoms with E-state index >= 15 is 0 Å². The van der Waals surface area contributed by atoms with Crippen LogP contribution in [0, 0.1) is 0 Å². The van der Waals surface area contributed by atoms with E-state index in [0.29, 0.717) is 0 Å². The van der Waals surface area contributed by atoms with Gasteiger partial charge in [0.2, 0.25) is 27.4 Å². The van der Waals surface area contributed by atoms with Gasteiger partial charge in [0.05, 0.1) is 38.0 Å². The Morgan fingerprint density at radius 1 is 0.875 bits per heavy atom. The Morgan fingerprint density at radius 2 is 1.30 bits per heavy atom. The van der Waals surface area contributed by atoms with Gasteiger partial charge in [0.15, 0.2) is 43.1 Å². The molecule has 2 unspecified atom stereocenters. The van der Waals surface area contributed by atoms with Crippen LogP contribution >= 0.6 is 15.5 Å². The van der Waals surface area contributed by atoms with Crippen molar-refractivity contribution in [3.8, 4) is 0 Å². The van der Waals surface area contributed by atoms with Crippen molar-refractivity contribution in [3.05, 3.63) is 33.4 Å². The summed E-state index contributed by atoms with van der Waals surface area (Å²) in [5, 5.41) is 15.7. The molecule has 56 heavy (non-hydrogen) atoms. The molecule has 0 aromatic carbocycles. The van der Waals surface area contributed by atoms with E-state index in [1.165, 1.54) is 10.9 Å². The maximum Gasteiger partial charge on any atom is 0.280 e. The third kappa shape index (κ3) is 8.24. The lowest BCUT2D eigenvalue weighted by Gasteiger charge is -2.42. The highest BCUT2D eigenvalue weighted by Crippen LogP contribution is 2.47. The van der Waals surface area contributed by atoms with Gasteiger partial charge in [-0.15, -0.1) is 0 Å². The second-order valence-electron chi connectivity index (χ2n) is 14.4. The third-order valence-corrected chi connectivity index (χ3v) is 16.5. The molecule has 0 bridgehead atoms. The number of fused-ring (bicyclic) bond motifs is 4. The van der Waals surface area contributed by atoms with Crippen LogP contribution < -0.4 is 54.8 Å². The summed E-state index contributed by atoms with van der Waals surface area (Å²) in [6, 6.07) is -2.87. The van der Waals surface area contributed by atoms with E-state index < -0.39 is 102 Å². The number of quaternary nitrogens is 1. The number of aliphatic hydroxyl groups is 1. The average Bonchev–Trinajstić information content (AvgIpc) is 3.79. The number of hydrogen-bond donors (Lipinski definition) is 9. The third-order valence-electron chi connectivity index (χ3n) is 9.84. The first-order valence-electron chi connectivity index (χ1n) is 16.2. The molecular formula is C27H49N14O12P2Si-. The standard InChI is InChI=1S/C26H40N12O12P2Si.CH4.2H3N/c1-26(2,3)53(4,5)50-17-13-11(49-23(17)38-9-30-15-19(38)32-25(28)34-21(15)41)7-47-51(42,43)35-12-10(6-46-52(44,45)36-13)48-22(16(12)39)37-8-29-14-18(37)31-24(27)33-20(14)40;;;/h8-13,16-17,22-23,39H,6-7H2,1-5H3,(H2,35,42,43)(H2,36,44,45)(H3,27,31,33,40)(H3,28,32,34,41);1H4;2*1H3/p-1/t10-,11-,12-,13-,16-,17-,22-,23-;;;/m1.../s1. The van der Waals surface area contributed by atoms with Crippen LogP contribution in [0.1, 0.15) is 40.7 Å². The van der Waals surface area contributed by atoms with Crippen molar-refractivity contribution >= 4 is 58.0 Å². The molecule has 7 heterocycles. The number of hydrogen-bond acceptors (Lipinski definition) is 19. The van der Waals surface area contributed by atoms with Crippen molar-refractivity contribution in [3.63, 3.8) is 0 Å². The summed E-state index contributed by atoms with van der Waals surface area (Å²) in [6.07, 6.45) is -5.97. The summed E-state index contributed by atoms with van der Waals surface area (Å²) in [5.74, 6) is -0.484. The molecule has 0 aliphatic carbocycles. The summed E-state index contributed by atoms with van der Waals surface area (Å²) >= 11 is 0. The summed E-state index contributed by atoms with van der Waals surface area (Å²) in [5.41, 5.74) is 9.88. The first-order valence-corrected chi connectivity index (χ1v) is 22.2. The van der Waals surface area contributed by atoms with Crippen LogP contribution in [-0.2, 0) is 32.1 Å². The molecule has 3 fully saturated rings. The number of nitrogen functional groups attached to an aromatic ring is 2. The second kappa shape index (κ2) is 15.7. The Bertz CT molecular complexity index is 2280. The first-order chi connectivity index (χ1) is 24.6. The maximum atomic E-state index is 13.7. The number of nitrogens with one attached hydrogen (secondary N) is 4. The fourth-order valence-electron chi connectivity index (χ4n) is 6.22. The van der Waals surface area contributed by atoms with Gasteiger partial charge in [-0.05, 0) is 18.1 Å². The van der Waals surface area contributed by atoms with E-state index in [1.807, 2.05) is 33.9 Å². The Kier molecular flexibility index (Phi) is 12.7. The lowest BCUT2D eigenvalue weighted by molar-refractivity contribution is -0.209. The molecule has 26 nitrogen and oxygen atoms in total. The van der Waals surface area contributed by atoms with Crippen LogP contribution in [0.25, 0.3) is 22.3 Å². The van der Waals surface area contributed by atoms with Crippen LogP contribution in [0.5, 0.6) is 0 Å². The fraction of sp³-hybridized carbons (Fsp3) is 0.630. The zero-order valence-corrected chi connectivity index (χ0v) is 33.4. The molecule has 3 aliphatic heterocycles. The molecule has 29 heteroatoms. The van der Waals surface area contributed by atoms with Crippen LogP contribution in [0.3, 0.4) is 0 Å². The van der Waals surface area contributed by atoms with Crippen LogP contribution in [0.4, 0.5) is 11.9 Å². The van der Waals surface area contributed by atoms with Gasteiger partial charge in [-0.1, -0.05) is 28.2 Å². The van der Waals surface area contributed by atoms with Gasteiger partial charge >= 0.3 is 0 Å². The number of ether oxygens (including phenoxy) is 2. The normalized spacial score (nSPS) is 32.6. The van der Waals surface area contributed by atoms with Crippen LogP contribution in [0.2, 0.25) is 18.1 Å².